The minimum absolute atomic E-state index is 0. The first kappa shape index (κ1) is 17.2. The number of rotatable bonds is 3. The largest absolute Gasteiger partial charge is 0.484 e. The monoisotopic (exact) mass is 338 g/mol. The van der Waals surface area contributed by atoms with E-state index >= 15 is 0 Å². The fourth-order valence-corrected chi connectivity index (χ4v) is 2.63. The van der Waals surface area contributed by atoms with Gasteiger partial charge in [-0.1, -0.05) is 0 Å². The molecular weight excluding hydrogens is 322 g/mol. The van der Waals surface area contributed by atoms with Crippen LogP contribution < -0.4 is 4.74 Å². The first-order valence-electron chi connectivity index (χ1n) is 6.96. The van der Waals surface area contributed by atoms with E-state index in [4.69, 9.17) is 4.74 Å². The number of pyridine rings is 1. The number of hydrogen-bond donors (Lipinski definition) is 0. The van der Waals surface area contributed by atoms with E-state index in [2.05, 4.69) is 16.5 Å². The van der Waals surface area contributed by atoms with Gasteiger partial charge in [0.2, 0.25) is 0 Å². The third-order valence-corrected chi connectivity index (χ3v) is 4.04. The van der Waals surface area contributed by atoms with Crippen LogP contribution in [0, 0.1) is 25.5 Å². The van der Waals surface area contributed by atoms with Gasteiger partial charge < -0.3 is 9.30 Å². The van der Waals surface area contributed by atoms with Gasteiger partial charge >= 0.3 is 0 Å². The van der Waals surface area contributed by atoms with E-state index < -0.39 is 11.6 Å². The van der Waals surface area contributed by atoms with Gasteiger partial charge in [-0.25, -0.2) is 8.78 Å². The minimum atomic E-state index is -0.716. The van der Waals surface area contributed by atoms with Gasteiger partial charge in [0.1, 0.15) is 18.1 Å². The van der Waals surface area contributed by atoms with Gasteiger partial charge in [-0.05, 0) is 37.6 Å². The van der Waals surface area contributed by atoms with Crippen LogP contribution in [-0.2, 0) is 13.7 Å². The highest BCUT2D eigenvalue weighted by Gasteiger charge is 2.14. The van der Waals surface area contributed by atoms with Crippen molar-refractivity contribution in [3.63, 3.8) is 0 Å². The van der Waals surface area contributed by atoms with Crippen molar-refractivity contribution in [1.29, 1.82) is 0 Å². The number of fused-ring (bicyclic) bond motifs is 1. The molecule has 2 aromatic heterocycles. The summed E-state index contributed by atoms with van der Waals surface area (Å²) in [6, 6.07) is 5.22. The van der Waals surface area contributed by atoms with Gasteiger partial charge in [0.25, 0.3) is 0 Å². The van der Waals surface area contributed by atoms with E-state index in [0.717, 1.165) is 28.4 Å². The summed E-state index contributed by atoms with van der Waals surface area (Å²) >= 11 is 0. The molecule has 23 heavy (non-hydrogen) atoms. The van der Waals surface area contributed by atoms with Gasteiger partial charge in [-0.2, -0.15) is 0 Å². The number of nitrogens with zero attached hydrogens (tertiary/aromatic N) is 2. The molecule has 0 fully saturated rings. The lowest BCUT2D eigenvalue weighted by Gasteiger charge is -2.09. The van der Waals surface area contributed by atoms with Gasteiger partial charge in [0.05, 0.1) is 5.52 Å². The predicted octanol–water partition coefficient (Wildman–Crippen LogP) is 4.47. The van der Waals surface area contributed by atoms with Crippen LogP contribution in [0.25, 0.3) is 10.9 Å². The van der Waals surface area contributed by atoms with Crippen molar-refractivity contribution >= 4 is 23.3 Å². The molecule has 0 saturated heterocycles. The molecule has 0 aliphatic rings. The molecule has 0 amide bonds. The summed E-state index contributed by atoms with van der Waals surface area (Å²) in [5, 5.41) is 1.10. The van der Waals surface area contributed by atoms with E-state index in [1.54, 1.807) is 6.20 Å². The third-order valence-electron chi connectivity index (χ3n) is 4.04. The molecule has 2 heterocycles. The van der Waals surface area contributed by atoms with Gasteiger partial charge in [0, 0.05) is 30.4 Å². The van der Waals surface area contributed by atoms with E-state index in [0.29, 0.717) is 0 Å². The zero-order valence-corrected chi connectivity index (χ0v) is 13.9. The maximum atomic E-state index is 13.6. The van der Waals surface area contributed by atoms with Gasteiger partial charge in [-0.3, -0.25) is 4.98 Å². The highest BCUT2D eigenvalue weighted by molar-refractivity contribution is 5.86. The molecule has 0 atom stereocenters. The zero-order valence-electron chi connectivity index (χ0n) is 13.1. The SMILES string of the molecule is Cc1c(C)n(C)c2c(COc3ccc(F)cc3F)nccc12.Cl. The molecule has 122 valence electrons. The molecule has 3 nitrogen and oxygen atoms in total. The zero-order chi connectivity index (χ0) is 15.9. The first-order valence-corrected chi connectivity index (χ1v) is 6.96. The van der Waals surface area contributed by atoms with Crippen molar-refractivity contribution in [2.24, 2.45) is 7.05 Å². The number of aryl methyl sites for hydroxylation is 2. The van der Waals surface area contributed by atoms with E-state index in [-0.39, 0.29) is 24.8 Å². The smallest absolute Gasteiger partial charge is 0.167 e. The molecule has 0 N–H and O–H groups in total. The van der Waals surface area contributed by atoms with Crippen LogP contribution in [-0.4, -0.2) is 9.55 Å². The van der Waals surface area contributed by atoms with Crippen LogP contribution in [0.2, 0.25) is 0 Å². The number of halogens is 3. The Morgan fingerprint density at radius 3 is 2.61 bits per heavy atom. The van der Waals surface area contributed by atoms with Gasteiger partial charge in [-0.15, -0.1) is 12.4 Å². The van der Waals surface area contributed by atoms with Crippen molar-refractivity contribution in [3.8, 4) is 5.75 Å². The number of aromatic nitrogens is 2. The van der Waals surface area contributed by atoms with Crippen LogP contribution in [0.1, 0.15) is 17.0 Å². The van der Waals surface area contributed by atoms with Crippen LogP contribution in [0.15, 0.2) is 30.5 Å². The Bertz CT molecular complexity index is 861. The van der Waals surface area contributed by atoms with Crippen LogP contribution in [0.5, 0.6) is 5.75 Å². The maximum absolute atomic E-state index is 13.6. The molecule has 0 unspecified atom stereocenters. The lowest BCUT2D eigenvalue weighted by molar-refractivity contribution is 0.286. The molecule has 0 radical (unpaired) electrons. The first-order chi connectivity index (χ1) is 10.5. The molecular formula is C17H17ClF2N2O. The summed E-state index contributed by atoms with van der Waals surface area (Å²) < 4.78 is 34.1. The third kappa shape index (κ3) is 3.01. The van der Waals surface area contributed by atoms with Crippen LogP contribution in [0.3, 0.4) is 0 Å². The van der Waals surface area contributed by atoms with Crippen LogP contribution in [0.4, 0.5) is 8.78 Å². The Labute approximate surface area is 139 Å². The van der Waals surface area contributed by atoms with Gasteiger partial charge in [0.15, 0.2) is 11.6 Å². The fraction of sp³-hybridized carbons (Fsp3) is 0.235. The van der Waals surface area contributed by atoms with E-state index in [9.17, 15) is 8.78 Å². The summed E-state index contributed by atoms with van der Waals surface area (Å²) in [6.45, 7) is 4.22. The molecule has 0 saturated carbocycles. The second-order valence-corrected chi connectivity index (χ2v) is 5.29. The summed E-state index contributed by atoms with van der Waals surface area (Å²) in [5.41, 5.74) is 4.03. The van der Waals surface area contributed by atoms with Crippen molar-refractivity contribution < 1.29 is 13.5 Å². The molecule has 6 heteroatoms. The molecule has 0 spiro atoms. The van der Waals surface area contributed by atoms with Crippen molar-refractivity contribution in [2.45, 2.75) is 20.5 Å². The predicted molar refractivity (Wildman–Crippen MR) is 88.1 cm³/mol. The molecule has 0 bridgehead atoms. The average Bonchev–Trinajstić information content (AvgIpc) is 2.72. The Balaban J connectivity index is 0.00000192. The second-order valence-electron chi connectivity index (χ2n) is 5.29. The highest BCUT2D eigenvalue weighted by atomic mass is 35.5. The van der Waals surface area contributed by atoms with Crippen molar-refractivity contribution in [1.82, 2.24) is 9.55 Å². The lowest BCUT2D eigenvalue weighted by atomic mass is 10.2. The Morgan fingerprint density at radius 2 is 1.91 bits per heavy atom. The number of hydrogen-bond acceptors (Lipinski definition) is 2. The molecule has 1 aromatic carbocycles. The normalized spacial score (nSPS) is 10.7. The molecule has 3 aromatic rings. The highest BCUT2D eigenvalue weighted by Crippen LogP contribution is 2.27. The summed E-state index contributed by atoms with van der Waals surface area (Å²) in [5.74, 6) is -1.33. The minimum Gasteiger partial charge on any atom is -0.484 e. The number of ether oxygens (including phenoxy) is 1. The second kappa shape index (κ2) is 6.54. The topological polar surface area (TPSA) is 27.1 Å². The quantitative estimate of drug-likeness (QED) is 0.704. The van der Waals surface area contributed by atoms with Crippen molar-refractivity contribution in [3.05, 3.63) is 59.0 Å². The Kier molecular flexibility index (Phi) is 4.90. The van der Waals surface area contributed by atoms with Crippen molar-refractivity contribution in [2.75, 3.05) is 0 Å². The van der Waals surface area contributed by atoms with Crippen LogP contribution >= 0.6 is 12.4 Å². The average molecular weight is 339 g/mol. The lowest BCUT2D eigenvalue weighted by Crippen LogP contribution is -2.03. The van der Waals surface area contributed by atoms with E-state index in [1.807, 2.05) is 20.0 Å². The summed E-state index contributed by atoms with van der Waals surface area (Å²) in [7, 11) is 1.97. The maximum Gasteiger partial charge on any atom is 0.167 e. The van der Waals surface area contributed by atoms with E-state index in [1.165, 1.54) is 17.7 Å². The fourth-order valence-electron chi connectivity index (χ4n) is 2.63. The summed E-state index contributed by atoms with van der Waals surface area (Å²) in [6.07, 6.45) is 1.72. The Hall–Kier alpha value is -2.14. The molecule has 3 rings (SSSR count). The molecule has 0 aliphatic heterocycles. The Morgan fingerprint density at radius 1 is 1.17 bits per heavy atom. The number of benzene rings is 1. The molecule has 0 aliphatic carbocycles. The summed E-state index contributed by atoms with van der Waals surface area (Å²) in [4.78, 5) is 4.34. The standard InChI is InChI=1S/C17H16F2N2O.ClH/c1-10-11(2)21(3)17-13(10)6-7-20-15(17)9-22-16-5-4-12(18)8-14(16)19;/h4-8H,9H2,1-3H3;1H.